The number of aryl methyl sites for hydroxylation is 1. The topological polar surface area (TPSA) is 78.6 Å². The maximum absolute atomic E-state index is 12.1. The third-order valence-corrected chi connectivity index (χ3v) is 2.86. The van der Waals surface area contributed by atoms with Gasteiger partial charge in [0.1, 0.15) is 0 Å². The molecule has 100 valence electrons. The van der Waals surface area contributed by atoms with Crippen molar-refractivity contribution in [1.82, 2.24) is 4.90 Å². The largest absolute Gasteiger partial charge is 0.393 e. The van der Waals surface area contributed by atoms with Gasteiger partial charge in [0.25, 0.3) is 5.91 Å². The summed E-state index contributed by atoms with van der Waals surface area (Å²) in [6.07, 6.45) is 0.176. The first-order chi connectivity index (χ1) is 8.45. The molecule has 0 saturated carbocycles. The van der Waals surface area contributed by atoms with Crippen molar-refractivity contribution in [2.75, 3.05) is 19.0 Å². The van der Waals surface area contributed by atoms with Gasteiger partial charge in [-0.1, -0.05) is 0 Å². The van der Waals surface area contributed by atoms with E-state index in [9.17, 15) is 9.90 Å². The molecule has 0 heterocycles. The Balaban J connectivity index is 2.74. The fourth-order valence-corrected chi connectivity index (χ4v) is 1.66. The Bertz CT molecular complexity index is 419. The van der Waals surface area contributed by atoms with Gasteiger partial charge in [0.2, 0.25) is 0 Å². The molecule has 1 aromatic carbocycles. The van der Waals surface area contributed by atoms with E-state index < -0.39 is 6.10 Å². The average molecular weight is 251 g/mol. The maximum Gasteiger partial charge on any atom is 0.253 e. The highest BCUT2D eigenvalue weighted by Gasteiger charge is 2.13. The summed E-state index contributed by atoms with van der Waals surface area (Å²) in [4.78, 5) is 13.7. The Morgan fingerprint density at radius 2 is 2.22 bits per heavy atom. The van der Waals surface area contributed by atoms with E-state index >= 15 is 0 Å². The lowest BCUT2D eigenvalue weighted by atomic mass is 10.1. The third-order valence-electron chi connectivity index (χ3n) is 2.86. The van der Waals surface area contributed by atoms with Gasteiger partial charge in [-0.25, -0.2) is 0 Å². The number of aliphatic hydroxyl groups is 1. The number of amides is 1. The molecule has 0 aliphatic rings. The summed E-state index contributed by atoms with van der Waals surface area (Å²) in [5, 5.41) is 9.21. The summed E-state index contributed by atoms with van der Waals surface area (Å²) in [5.41, 5.74) is 4.92. The predicted molar refractivity (Wildman–Crippen MR) is 72.2 cm³/mol. The molecule has 0 aromatic heterocycles. The zero-order valence-corrected chi connectivity index (χ0v) is 11.1. The summed E-state index contributed by atoms with van der Waals surface area (Å²) in [7, 11) is 1.73. The van der Waals surface area contributed by atoms with Crippen LogP contribution in [0.5, 0.6) is 0 Å². The number of rotatable bonds is 5. The third kappa shape index (κ3) is 3.72. The van der Waals surface area contributed by atoms with Crippen molar-refractivity contribution in [3.63, 3.8) is 0 Å². The van der Waals surface area contributed by atoms with Crippen LogP contribution in [-0.4, -0.2) is 35.6 Å². The molecule has 0 aliphatic carbocycles. The fourth-order valence-electron chi connectivity index (χ4n) is 1.66. The predicted octanol–water partition coefficient (Wildman–Crippen LogP) is 1.12. The highest BCUT2D eigenvalue weighted by molar-refractivity contribution is 5.94. The molecule has 18 heavy (non-hydrogen) atoms. The van der Waals surface area contributed by atoms with Crippen LogP contribution in [0.1, 0.15) is 29.3 Å². The van der Waals surface area contributed by atoms with Crippen molar-refractivity contribution in [2.24, 2.45) is 5.84 Å². The van der Waals surface area contributed by atoms with Crippen LogP contribution < -0.4 is 11.3 Å². The van der Waals surface area contributed by atoms with Crippen molar-refractivity contribution in [3.05, 3.63) is 29.3 Å². The standard InChI is InChI=1S/C13H21N3O2/c1-9-8-11(4-5-12(9)15-14)13(18)16(3)7-6-10(2)17/h4-5,8,10,15,17H,6-7,14H2,1-3H3. The quantitative estimate of drug-likeness (QED) is 0.541. The molecule has 1 atom stereocenters. The molecular weight excluding hydrogens is 230 g/mol. The first kappa shape index (κ1) is 14.5. The smallest absolute Gasteiger partial charge is 0.253 e. The van der Waals surface area contributed by atoms with Gasteiger partial charge in [-0.2, -0.15) is 0 Å². The summed E-state index contributed by atoms with van der Waals surface area (Å²) >= 11 is 0. The molecule has 0 aliphatic heterocycles. The van der Waals surface area contributed by atoms with Crippen LogP contribution in [0, 0.1) is 6.92 Å². The number of hydrazine groups is 1. The Morgan fingerprint density at radius 1 is 1.56 bits per heavy atom. The normalized spacial score (nSPS) is 12.1. The number of nitrogens with two attached hydrogens (primary N) is 1. The van der Waals surface area contributed by atoms with E-state index in [0.717, 1.165) is 11.3 Å². The minimum atomic E-state index is -0.397. The van der Waals surface area contributed by atoms with Gasteiger partial charge in [-0.15, -0.1) is 0 Å². The van der Waals surface area contributed by atoms with Crippen LogP contribution in [0.4, 0.5) is 5.69 Å². The van der Waals surface area contributed by atoms with Crippen LogP contribution in [0.2, 0.25) is 0 Å². The zero-order valence-electron chi connectivity index (χ0n) is 11.1. The van der Waals surface area contributed by atoms with Gasteiger partial charge >= 0.3 is 0 Å². The van der Waals surface area contributed by atoms with Crippen molar-refractivity contribution < 1.29 is 9.90 Å². The number of anilines is 1. The van der Waals surface area contributed by atoms with Gasteiger partial charge < -0.3 is 15.4 Å². The van der Waals surface area contributed by atoms with E-state index in [4.69, 9.17) is 5.84 Å². The molecule has 1 rings (SSSR count). The molecule has 0 saturated heterocycles. The minimum Gasteiger partial charge on any atom is -0.393 e. The SMILES string of the molecule is Cc1cc(C(=O)N(C)CCC(C)O)ccc1NN. The maximum atomic E-state index is 12.1. The van der Waals surface area contributed by atoms with E-state index in [0.29, 0.717) is 18.5 Å². The number of carbonyl (C=O) groups is 1. The van der Waals surface area contributed by atoms with E-state index in [1.54, 1.807) is 37.1 Å². The molecule has 0 bridgehead atoms. The van der Waals surface area contributed by atoms with Gasteiger partial charge in [-0.05, 0) is 44.0 Å². The molecule has 5 nitrogen and oxygen atoms in total. The Kier molecular flexibility index (Phi) is 5.12. The average Bonchev–Trinajstić information content (AvgIpc) is 2.34. The number of hydrogen-bond donors (Lipinski definition) is 3. The molecule has 0 fully saturated rings. The second-order valence-corrected chi connectivity index (χ2v) is 4.54. The highest BCUT2D eigenvalue weighted by atomic mass is 16.3. The highest BCUT2D eigenvalue weighted by Crippen LogP contribution is 2.16. The second kappa shape index (κ2) is 6.37. The minimum absolute atomic E-state index is 0.0534. The Hall–Kier alpha value is -1.59. The van der Waals surface area contributed by atoms with E-state index in [-0.39, 0.29) is 5.91 Å². The van der Waals surface area contributed by atoms with Gasteiger partial charge in [-0.3, -0.25) is 10.6 Å². The first-order valence-corrected chi connectivity index (χ1v) is 5.96. The summed E-state index contributed by atoms with van der Waals surface area (Å²) < 4.78 is 0. The van der Waals surface area contributed by atoms with Crippen molar-refractivity contribution in [3.8, 4) is 0 Å². The summed E-state index contributed by atoms with van der Waals surface area (Å²) in [6.45, 7) is 4.14. The Labute approximate surface area is 108 Å². The van der Waals surface area contributed by atoms with E-state index in [1.807, 2.05) is 6.92 Å². The monoisotopic (exact) mass is 251 g/mol. The summed E-state index contributed by atoms with van der Waals surface area (Å²) in [5.74, 6) is 5.29. The molecule has 5 heteroatoms. The van der Waals surface area contributed by atoms with Crippen molar-refractivity contribution >= 4 is 11.6 Å². The molecule has 1 amide bonds. The van der Waals surface area contributed by atoms with Gasteiger partial charge in [0.15, 0.2) is 0 Å². The number of nitrogens with one attached hydrogen (secondary N) is 1. The molecule has 1 aromatic rings. The van der Waals surface area contributed by atoms with Crippen LogP contribution in [0.25, 0.3) is 0 Å². The lowest BCUT2D eigenvalue weighted by Gasteiger charge is -2.18. The van der Waals surface area contributed by atoms with Crippen LogP contribution in [0.15, 0.2) is 18.2 Å². The lowest BCUT2D eigenvalue weighted by Crippen LogP contribution is -2.29. The number of benzene rings is 1. The number of carbonyl (C=O) groups excluding carboxylic acids is 1. The van der Waals surface area contributed by atoms with Gasteiger partial charge in [0.05, 0.1) is 11.8 Å². The van der Waals surface area contributed by atoms with Crippen LogP contribution in [0.3, 0.4) is 0 Å². The number of hydrogen-bond acceptors (Lipinski definition) is 4. The number of nitrogens with zero attached hydrogens (tertiary/aromatic N) is 1. The first-order valence-electron chi connectivity index (χ1n) is 5.96. The van der Waals surface area contributed by atoms with Crippen molar-refractivity contribution in [1.29, 1.82) is 0 Å². The number of aliphatic hydroxyl groups excluding tert-OH is 1. The van der Waals surface area contributed by atoms with Crippen LogP contribution in [-0.2, 0) is 0 Å². The lowest BCUT2D eigenvalue weighted by molar-refractivity contribution is 0.0769. The van der Waals surface area contributed by atoms with Crippen LogP contribution >= 0.6 is 0 Å². The fraction of sp³-hybridized carbons (Fsp3) is 0.462. The van der Waals surface area contributed by atoms with E-state index in [1.165, 1.54) is 0 Å². The molecule has 4 N–H and O–H groups in total. The second-order valence-electron chi connectivity index (χ2n) is 4.54. The Morgan fingerprint density at radius 3 is 2.72 bits per heavy atom. The molecule has 1 unspecified atom stereocenters. The molecular formula is C13H21N3O2. The zero-order chi connectivity index (χ0) is 13.7. The molecule has 0 radical (unpaired) electrons. The van der Waals surface area contributed by atoms with Gasteiger partial charge in [0, 0.05) is 19.2 Å². The number of nitrogen functional groups attached to an aromatic ring is 1. The summed E-state index contributed by atoms with van der Waals surface area (Å²) in [6, 6.07) is 5.32. The molecule has 0 spiro atoms. The van der Waals surface area contributed by atoms with E-state index in [2.05, 4.69) is 5.43 Å². The van der Waals surface area contributed by atoms with Crippen molar-refractivity contribution in [2.45, 2.75) is 26.4 Å².